The van der Waals surface area contributed by atoms with Gasteiger partial charge in [-0.15, -0.1) is 5.06 Å². The number of para-hydroxylation sites is 1. The molecule has 2 saturated heterocycles. The third-order valence-corrected chi connectivity index (χ3v) is 15.0. The number of rotatable bonds is 7. The van der Waals surface area contributed by atoms with Crippen molar-refractivity contribution in [2.45, 2.75) is 48.3 Å². The lowest BCUT2D eigenvalue weighted by Gasteiger charge is -2.31. The number of sulfonamides is 1. The Hall–Kier alpha value is -6.20. The van der Waals surface area contributed by atoms with Gasteiger partial charge in [0, 0.05) is 96.1 Å². The molecule has 0 saturated carbocycles. The molecule has 4 aromatic carbocycles. The molecule has 0 spiro atoms. The SMILES string of the molecule is O=C(ON1C(=O)CCC1=O)C1CCN(S(=O)(=O)c2ccccc2-c2c3ccc(=[N+]4CCc5cc(S(=O)(=O)[O-])ccc54)cc-3oc3cc(N4CCc5ccccc54)ccc23)CC1. The van der Waals surface area contributed by atoms with Crippen molar-refractivity contribution in [3.63, 3.8) is 0 Å². The average Bonchev–Trinajstić information content (AvgIpc) is 3.98. The standard InChI is InChI=1S/C45H38N4O10S2/c50-42-15-16-43(51)49(42)59-45(52)29-17-21-46(22-18-29)60(53,54)41-8-4-2-6-36(41)44-34-12-9-31(47-23-19-28-5-1-3-7-37(28)47)26-39(34)58-40-27-32(10-13-35(40)44)48-24-20-30-25-33(61(55,56)57)11-14-38(30)48/h1-14,25-27,29H,15-24H2. The van der Waals surface area contributed by atoms with Crippen LogP contribution in [0, 0.1) is 5.92 Å². The molecule has 0 aromatic heterocycles. The molecule has 0 unspecified atom stereocenters. The number of anilines is 2. The molecule has 14 nitrogen and oxygen atoms in total. The smallest absolute Gasteiger partial charge is 0.336 e. The third-order valence-electron chi connectivity index (χ3n) is 12.2. The van der Waals surface area contributed by atoms with Crippen molar-refractivity contribution in [3.8, 4) is 22.5 Å². The van der Waals surface area contributed by atoms with Crippen molar-refractivity contribution >= 4 is 66.0 Å². The molecule has 5 aliphatic heterocycles. The molecule has 0 radical (unpaired) electrons. The highest BCUT2D eigenvalue weighted by Gasteiger charge is 2.39. The number of amides is 2. The van der Waals surface area contributed by atoms with E-state index in [1.54, 1.807) is 30.3 Å². The van der Waals surface area contributed by atoms with E-state index < -0.39 is 43.8 Å². The van der Waals surface area contributed by atoms with E-state index in [0.717, 1.165) is 40.9 Å². The van der Waals surface area contributed by atoms with E-state index in [0.29, 0.717) is 51.4 Å². The Morgan fingerprint density at radius 2 is 1.51 bits per heavy atom. The maximum absolute atomic E-state index is 14.7. The Labute approximate surface area is 351 Å². The van der Waals surface area contributed by atoms with Crippen molar-refractivity contribution in [2.75, 3.05) is 31.1 Å². The van der Waals surface area contributed by atoms with Gasteiger partial charge < -0.3 is 18.7 Å². The van der Waals surface area contributed by atoms with E-state index in [1.807, 2.05) is 53.1 Å². The number of benzene rings is 5. The largest absolute Gasteiger partial charge is 0.744 e. The van der Waals surface area contributed by atoms with Gasteiger partial charge in [-0.2, -0.15) is 8.88 Å². The zero-order valence-corrected chi connectivity index (χ0v) is 34.3. The minimum Gasteiger partial charge on any atom is -0.744 e. The molecule has 2 fully saturated rings. The summed E-state index contributed by atoms with van der Waals surface area (Å²) >= 11 is 0. The second kappa shape index (κ2) is 14.8. The minimum absolute atomic E-state index is 0.0214. The number of hydrogen-bond donors (Lipinski definition) is 0. The first-order valence-electron chi connectivity index (χ1n) is 20.1. The lowest BCUT2D eigenvalue weighted by molar-refractivity contribution is -0.201. The van der Waals surface area contributed by atoms with E-state index >= 15 is 0 Å². The Morgan fingerprint density at radius 3 is 2.30 bits per heavy atom. The van der Waals surface area contributed by atoms with Crippen molar-refractivity contribution < 1.29 is 45.0 Å². The van der Waals surface area contributed by atoms with Gasteiger partial charge >= 0.3 is 5.97 Å². The topological polar surface area (TPSA) is 178 Å². The zero-order chi connectivity index (χ0) is 42.2. The van der Waals surface area contributed by atoms with Crippen LogP contribution in [0.2, 0.25) is 0 Å². The van der Waals surface area contributed by atoms with Crippen LogP contribution < -0.4 is 14.8 Å². The summed E-state index contributed by atoms with van der Waals surface area (Å²) in [6.07, 6.45) is 1.66. The van der Waals surface area contributed by atoms with E-state index in [1.165, 1.54) is 22.0 Å². The molecule has 2 amide bonds. The molecule has 310 valence electrons. The first kappa shape index (κ1) is 39.0. The summed E-state index contributed by atoms with van der Waals surface area (Å²) < 4.78 is 74.9. The monoisotopic (exact) mass is 858 g/mol. The van der Waals surface area contributed by atoms with Crippen molar-refractivity contribution in [1.82, 2.24) is 13.9 Å². The maximum Gasteiger partial charge on any atom is 0.336 e. The minimum atomic E-state index is -4.62. The summed E-state index contributed by atoms with van der Waals surface area (Å²) in [4.78, 5) is 44.2. The fourth-order valence-electron chi connectivity index (χ4n) is 9.09. The van der Waals surface area contributed by atoms with Crippen LogP contribution in [0.15, 0.2) is 117 Å². The zero-order valence-electron chi connectivity index (χ0n) is 32.7. The molecule has 6 aliphatic rings. The number of carbonyl (C=O) groups is 3. The quantitative estimate of drug-likeness (QED) is 0.0861. The van der Waals surface area contributed by atoms with Crippen LogP contribution in [0.3, 0.4) is 0 Å². The predicted octanol–water partition coefficient (Wildman–Crippen LogP) is 5.47. The van der Waals surface area contributed by atoms with Gasteiger partial charge in [0.1, 0.15) is 21.5 Å². The van der Waals surface area contributed by atoms with Gasteiger partial charge in [-0.05, 0) is 67.3 Å². The molecule has 1 aliphatic carbocycles. The number of nitrogens with zero attached hydrogens (tertiary/aromatic N) is 4. The number of hydroxylamine groups is 2. The highest BCUT2D eigenvalue weighted by atomic mass is 32.2. The Morgan fingerprint density at radius 1 is 0.754 bits per heavy atom. The normalized spacial score (nSPS) is 18.3. The lowest BCUT2D eigenvalue weighted by Crippen LogP contribution is -2.42. The summed E-state index contributed by atoms with van der Waals surface area (Å²) in [6, 6.07) is 31.2. The van der Waals surface area contributed by atoms with E-state index in [9.17, 15) is 35.8 Å². The van der Waals surface area contributed by atoms with Gasteiger partial charge in [0.15, 0.2) is 6.54 Å². The Bertz CT molecular complexity index is 3100. The third kappa shape index (κ3) is 6.79. The van der Waals surface area contributed by atoms with Crippen LogP contribution in [0.25, 0.3) is 33.4 Å². The summed E-state index contributed by atoms with van der Waals surface area (Å²) in [5.41, 5.74) is 7.10. The van der Waals surface area contributed by atoms with Crippen molar-refractivity contribution in [1.29, 1.82) is 0 Å². The van der Waals surface area contributed by atoms with Gasteiger partial charge in [-0.1, -0.05) is 36.4 Å². The first-order chi connectivity index (χ1) is 29.3. The second-order valence-corrected chi connectivity index (χ2v) is 19.0. The van der Waals surface area contributed by atoms with Crippen LogP contribution in [0.1, 0.15) is 36.8 Å². The molecule has 61 heavy (non-hydrogen) atoms. The van der Waals surface area contributed by atoms with Crippen LogP contribution in [0.5, 0.6) is 0 Å². The van der Waals surface area contributed by atoms with Crippen LogP contribution in [0.4, 0.5) is 17.1 Å². The van der Waals surface area contributed by atoms with Crippen LogP contribution in [-0.2, 0) is 52.2 Å². The molecule has 0 N–H and O–H groups in total. The number of piperidine rings is 1. The summed E-state index contributed by atoms with van der Waals surface area (Å²) in [7, 11) is -8.76. The van der Waals surface area contributed by atoms with Crippen LogP contribution in [-0.4, -0.2) is 74.7 Å². The van der Waals surface area contributed by atoms with E-state index in [2.05, 4.69) is 17.0 Å². The molecule has 4 aromatic rings. The second-order valence-electron chi connectivity index (χ2n) is 15.7. The highest BCUT2D eigenvalue weighted by Crippen LogP contribution is 2.45. The van der Waals surface area contributed by atoms with Gasteiger partial charge in [0.2, 0.25) is 21.1 Å². The molecule has 0 bridgehead atoms. The summed E-state index contributed by atoms with van der Waals surface area (Å²) in [5.74, 6) is -2.09. The van der Waals surface area contributed by atoms with Crippen LogP contribution >= 0.6 is 0 Å². The first-order valence-corrected chi connectivity index (χ1v) is 22.9. The van der Waals surface area contributed by atoms with Crippen molar-refractivity contribution in [2.24, 2.45) is 5.92 Å². The number of fused-ring (bicyclic) bond motifs is 4. The Kier molecular flexibility index (Phi) is 9.43. The molecular formula is C45H38N4O10S2. The van der Waals surface area contributed by atoms with Gasteiger partial charge in [-0.3, -0.25) is 9.59 Å². The maximum atomic E-state index is 14.7. The van der Waals surface area contributed by atoms with E-state index in [4.69, 9.17) is 9.25 Å². The molecule has 10 rings (SSSR count). The number of carbonyl (C=O) groups excluding carboxylic acids is 3. The fraction of sp³-hybridized carbons (Fsp3) is 0.244. The van der Waals surface area contributed by atoms with Gasteiger partial charge in [0.05, 0.1) is 21.8 Å². The number of imide groups is 1. The molecular weight excluding hydrogens is 821 g/mol. The van der Waals surface area contributed by atoms with Gasteiger partial charge in [0.25, 0.3) is 11.8 Å². The molecule has 5 heterocycles. The number of hydrogen-bond acceptors (Lipinski definition) is 11. The highest BCUT2D eigenvalue weighted by molar-refractivity contribution is 7.89. The Balaban J connectivity index is 1.07. The van der Waals surface area contributed by atoms with E-state index in [-0.39, 0.29) is 48.6 Å². The van der Waals surface area contributed by atoms with Gasteiger partial charge in [-0.25, -0.2) is 21.6 Å². The summed E-state index contributed by atoms with van der Waals surface area (Å²) in [5, 5.41) is 1.98. The van der Waals surface area contributed by atoms with Crippen molar-refractivity contribution in [3.05, 3.63) is 120 Å². The summed E-state index contributed by atoms with van der Waals surface area (Å²) in [6.45, 7) is 1.36. The molecule has 16 heteroatoms. The fourth-order valence-corrected chi connectivity index (χ4v) is 11.3. The predicted molar refractivity (Wildman–Crippen MR) is 222 cm³/mol. The molecule has 0 atom stereocenters. The lowest BCUT2D eigenvalue weighted by atomic mass is 9.93. The average molecular weight is 859 g/mol.